The molecule has 2 aromatic carbocycles. The molecule has 1 unspecified atom stereocenters. The van der Waals surface area contributed by atoms with E-state index in [1.807, 2.05) is 30.3 Å². The topological polar surface area (TPSA) is 60.9 Å². The van der Waals surface area contributed by atoms with E-state index < -0.39 is 23.5 Å². The average Bonchev–Trinajstić information content (AvgIpc) is 3.11. The zero-order chi connectivity index (χ0) is 24.5. The van der Waals surface area contributed by atoms with Gasteiger partial charge in [-0.05, 0) is 68.7 Å². The highest BCUT2D eigenvalue weighted by Crippen LogP contribution is 2.39. The van der Waals surface area contributed by atoms with Crippen LogP contribution in [0.2, 0.25) is 0 Å². The van der Waals surface area contributed by atoms with Gasteiger partial charge in [0.05, 0.1) is 11.6 Å². The molecule has 34 heavy (non-hydrogen) atoms. The van der Waals surface area contributed by atoms with E-state index in [0.29, 0.717) is 12.1 Å². The van der Waals surface area contributed by atoms with Gasteiger partial charge in [0, 0.05) is 12.1 Å². The first-order valence-corrected chi connectivity index (χ1v) is 12.3. The quantitative estimate of drug-likeness (QED) is 0.253. The standard InChI is InChI=1S/C28H35FN2O3/c1-3-5-17-30(18-6-4-2)19-10-20-31-25(21-11-8-7-9-12-21)24(27(33)28(31)34)26(32)22-13-15-23(29)16-14-22/h7-9,11-16,25,32H,3-6,10,17-20H2,1-2H3/b26-24+. The fourth-order valence-electron chi connectivity index (χ4n) is 4.42. The zero-order valence-electron chi connectivity index (χ0n) is 20.2. The van der Waals surface area contributed by atoms with Gasteiger partial charge >= 0.3 is 0 Å². The van der Waals surface area contributed by atoms with E-state index in [-0.39, 0.29) is 11.3 Å². The maximum absolute atomic E-state index is 13.4. The van der Waals surface area contributed by atoms with E-state index in [4.69, 9.17) is 0 Å². The van der Waals surface area contributed by atoms with Crippen molar-refractivity contribution in [3.63, 3.8) is 0 Å². The molecular weight excluding hydrogens is 431 g/mol. The van der Waals surface area contributed by atoms with E-state index in [1.165, 1.54) is 24.3 Å². The van der Waals surface area contributed by atoms with Crippen LogP contribution in [0.4, 0.5) is 4.39 Å². The minimum Gasteiger partial charge on any atom is -0.507 e. The number of nitrogens with zero attached hydrogens (tertiary/aromatic N) is 2. The summed E-state index contributed by atoms with van der Waals surface area (Å²) in [4.78, 5) is 30.1. The van der Waals surface area contributed by atoms with Gasteiger partial charge in [-0.1, -0.05) is 57.0 Å². The fourth-order valence-corrected chi connectivity index (χ4v) is 4.42. The minimum absolute atomic E-state index is 0.0524. The molecule has 2 aromatic rings. The second-order valence-electron chi connectivity index (χ2n) is 8.81. The molecule has 1 N–H and O–H groups in total. The van der Waals surface area contributed by atoms with Crippen LogP contribution in [-0.4, -0.2) is 52.8 Å². The maximum atomic E-state index is 13.4. The van der Waals surface area contributed by atoms with Gasteiger partial charge in [0.2, 0.25) is 0 Å². The second kappa shape index (κ2) is 12.5. The SMILES string of the molecule is CCCCN(CCCC)CCCN1C(=O)C(=O)/C(=C(/O)c2ccc(F)cc2)C1c1ccccc1. The molecule has 0 spiro atoms. The average molecular weight is 467 g/mol. The third-order valence-corrected chi connectivity index (χ3v) is 6.30. The van der Waals surface area contributed by atoms with Crippen LogP contribution in [-0.2, 0) is 9.59 Å². The number of aliphatic hydroxyl groups is 1. The molecular formula is C28H35FN2O3. The van der Waals surface area contributed by atoms with Crippen molar-refractivity contribution in [2.24, 2.45) is 0 Å². The Morgan fingerprint density at radius 2 is 1.50 bits per heavy atom. The van der Waals surface area contributed by atoms with Gasteiger partial charge in [-0.25, -0.2) is 4.39 Å². The van der Waals surface area contributed by atoms with Crippen LogP contribution >= 0.6 is 0 Å². The molecule has 6 heteroatoms. The van der Waals surface area contributed by atoms with Crippen molar-refractivity contribution >= 4 is 17.4 Å². The van der Waals surface area contributed by atoms with E-state index in [9.17, 15) is 19.1 Å². The molecule has 3 rings (SSSR count). The number of likely N-dealkylation sites (tertiary alicyclic amines) is 1. The van der Waals surface area contributed by atoms with E-state index in [1.54, 1.807) is 4.90 Å². The number of hydrogen-bond acceptors (Lipinski definition) is 4. The van der Waals surface area contributed by atoms with Gasteiger partial charge in [0.15, 0.2) is 0 Å². The van der Waals surface area contributed by atoms with Crippen molar-refractivity contribution in [3.05, 3.63) is 77.1 Å². The number of rotatable bonds is 12. The normalized spacial score (nSPS) is 17.6. The summed E-state index contributed by atoms with van der Waals surface area (Å²) in [5.41, 5.74) is 1.13. The summed E-state index contributed by atoms with van der Waals surface area (Å²) in [6, 6.07) is 13.9. The summed E-state index contributed by atoms with van der Waals surface area (Å²) in [7, 11) is 0. The Morgan fingerprint density at radius 3 is 2.09 bits per heavy atom. The van der Waals surface area contributed by atoms with Crippen molar-refractivity contribution in [3.8, 4) is 0 Å². The van der Waals surface area contributed by atoms with Crippen molar-refractivity contribution in [2.45, 2.75) is 52.0 Å². The Labute approximate surface area is 201 Å². The van der Waals surface area contributed by atoms with Crippen LogP contribution < -0.4 is 0 Å². The minimum atomic E-state index is -0.704. The molecule has 1 amide bonds. The number of ketones is 1. The Hall–Kier alpha value is -2.99. The molecule has 1 aliphatic heterocycles. The number of unbranched alkanes of at least 4 members (excludes halogenated alkanes) is 2. The van der Waals surface area contributed by atoms with Crippen LogP contribution in [0.15, 0.2) is 60.2 Å². The highest BCUT2D eigenvalue weighted by atomic mass is 19.1. The smallest absolute Gasteiger partial charge is 0.295 e. The highest BCUT2D eigenvalue weighted by molar-refractivity contribution is 6.46. The van der Waals surface area contributed by atoms with E-state index in [0.717, 1.165) is 57.3 Å². The van der Waals surface area contributed by atoms with Gasteiger partial charge in [0.1, 0.15) is 11.6 Å². The molecule has 0 aromatic heterocycles. The van der Waals surface area contributed by atoms with Gasteiger partial charge in [-0.3, -0.25) is 9.59 Å². The van der Waals surface area contributed by atoms with Crippen molar-refractivity contribution < 1.29 is 19.1 Å². The fraction of sp³-hybridized carbons (Fsp3) is 0.429. The molecule has 0 aliphatic carbocycles. The number of carbonyl (C=O) groups is 2. The van der Waals surface area contributed by atoms with Gasteiger partial charge in [-0.2, -0.15) is 0 Å². The molecule has 0 radical (unpaired) electrons. The first kappa shape index (κ1) is 25.6. The molecule has 1 saturated heterocycles. The highest BCUT2D eigenvalue weighted by Gasteiger charge is 2.45. The number of amides is 1. The molecule has 1 fully saturated rings. The predicted molar refractivity (Wildman–Crippen MR) is 133 cm³/mol. The number of Topliss-reactive ketones (excluding diaryl/α,β-unsaturated/α-hetero) is 1. The molecule has 0 saturated carbocycles. The number of aliphatic hydroxyl groups excluding tert-OH is 1. The van der Waals surface area contributed by atoms with E-state index in [2.05, 4.69) is 18.7 Å². The Bertz CT molecular complexity index is 980. The summed E-state index contributed by atoms with van der Waals surface area (Å²) in [6.07, 6.45) is 5.27. The van der Waals surface area contributed by atoms with E-state index >= 15 is 0 Å². The summed E-state index contributed by atoms with van der Waals surface area (Å²) >= 11 is 0. The lowest BCUT2D eigenvalue weighted by atomic mass is 9.95. The van der Waals surface area contributed by atoms with Gasteiger partial charge in [0.25, 0.3) is 11.7 Å². The Kier molecular flexibility index (Phi) is 9.40. The number of halogens is 1. The first-order valence-electron chi connectivity index (χ1n) is 12.3. The zero-order valence-corrected chi connectivity index (χ0v) is 20.2. The van der Waals surface area contributed by atoms with Crippen LogP contribution in [0.25, 0.3) is 5.76 Å². The molecule has 1 aliphatic rings. The lowest BCUT2D eigenvalue weighted by Gasteiger charge is -2.27. The maximum Gasteiger partial charge on any atom is 0.295 e. The Morgan fingerprint density at radius 1 is 0.912 bits per heavy atom. The largest absolute Gasteiger partial charge is 0.507 e. The van der Waals surface area contributed by atoms with Crippen LogP contribution in [0.5, 0.6) is 0 Å². The summed E-state index contributed by atoms with van der Waals surface area (Å²) in [5.74, 6) is -2.02. The lowest BCUT2D eigenvalue weighted by Crippen LogP contribution is -2.34. The third-order valence-electron chi connectivity index (χ3n) is 6.30. The predicted octanol–water partition coefficient (Wildman–Crippen LogP) is 5.54. The lowest BCUT2D eigenvalue weighted by molar-refractivity contribution is -0.140. The summed E-state index contributed by atoms with van der Waals surface area (Å²) < 4.78 is 13.4. The molecule has 0 bridgehead atoms. The van der Waals surface area contributed by atoms with Crippen LogP contribution in [0.1, 0.15) is 63.1 Å². The van der Waals surface area contributed by atoms with Crippen LogP contribution in [0, 0.1) is 5.82 Å². The number of benzene rings is 2. The molecule has 1 atom stereocenters. The molecule has 182 valence electrons. The monoisotopic (exact) mass is 466 g/mol. The second-order valence-corrected chi connectivity index (χ2v) is 8.81. The third kappa shape index (κ3) is 6.11. The van der Waals surface area contributed by atoms with Crippen molar-refractivity contribution in [1.29, 1.82) is 0 Å². The summed E-state index contributed by atoms with van der Waals surface area (Å²) in [5, 5.41) is 11.0. The summed E-state index contributed by atoms with van der Waals surface area (Å²) in [6.45, 7) is 7.68. The van der Waals surface area contributed by atoms with Gasteiger partial charge < -0.3 is 14.9 Å². The first-order chi connectivity index (χ1) is 16.5. The van der Waals surface area contributed by atoms with Crippen LogP contribution in [0.3, 0.4) is 0 Å². The van der Waals surface area contributed by atoms with Gasteiger partial charge in [-0.15, -0.1) is 0 Å². The number of hydrogen-bond donors (Lipinski definition) is 1. The molecule has 1 heterocycles. The Balaban J connectivity index is 1.87. The molecule has 5 nitrogen and oxygen atoms in total. The number of carbonyl (C=O) groups excluding carboxylic acids is 2. The van der Waals surface area contributed by atoms with Crippen molar-refractivity contribution in [1.82, 2.24) is 9.80 Å². The van der Waals surface area contributed by atoms with Crippen molar-refractivity contribution in [2.75, 3.05) is 26.2 Å².